The molecule has 2 aliphatic heterocycles. The number of morpholine rings is 1. The molecule has 0 aromatic rings. The lowest BCUT2D eigenvalue weighted by Crippen LogP contribution is -2.60. The molecular formula is C40H70N2O6. The first-order chi connectivity index (χ1) is 22.5. The summed E-state index contributed by atoms with van der Waals surface area (Å²) in [4.78, 5) is 4.76. The Morgan fingerprint density at radius 1 is 1.02 bits per heavy atom. The van der Waals surface area contributed by atoms with Crippen molar-refractivity contribution in [3.8, 4) is 0 Å². The highest BCUT2D eigenvalue weighted by atomic mass is 16.7. The van der Waals surface area contributed by atoms with Crippen molar-refractivity contribution in [2.45, 2.75) is 149 Å². The van der Waals surface area contributed by atoms with Gasteiger partial charge < -0.3 is 34.1 Å². The third kappa shape index (κ3) is 5.10. The summed E-state index contributed by atoms with van der Waals surface area (Å²) in [6.45, 7) is 23.3. The van der Waals surface area contributed by atoms with Gasteiger partial charge in [-0.15, -0.1) is 0 Å². The minimum absolute atomic E-state index is 0.0243. The maximum Gasteiger partial charge on any atom is 0.170 e. The van der Waals surface area contributed by atoms with Crippen LogP contribution in [0.2, 0.25) is 0 Å². The van der Waals surface area contributed by atoms with Gasteiger partial charge in [0.15, 0.2) is 6.29 Å². The van der Waals surface area contributed by atoms with E-state index in [1.165, 1.54) is 38.5 Å². The molecule has 7 aliphatic rings. The van der Waals surface area contributed by atoms with Crippen molar-refractivity contribution < 1.29 is 29.2 Å². The smallest absolute Gasteiger partial charge is 0.170 e. The van der Waals surface area contributed by atoms with Crippen molar-refractivity contribution >= 4 is 0 Å². The second-order valence-corrected chi connectivity index (χ2v) is 19.6. The average Bonchev–Trinajstić information content (AvgIpc) is 3.64. The van der Waals surface area contributed by atoms with E-state index in [2.05, 4.69) is 58.5 Å². The van der Waals surface area contributed by atoms with Crippen LogP contribution in [0.25, 0.3) is 0 Å². The molecule has 0 aromatic carbocycles. The Kier molecular flexibility index (Phi) is 9.10. The molecule has 11 unspecified atom stereocenters. The monoisotopic (exact) mass is 675 g/mol. The molecule has 8 heteroatoms. The Hall–Kier alpha value is -0.320. The summed E-state index contributed by atoms with van der Waals surface area (Å²) in [6, 6.07) is 0. The van der Waals surface area contributed by atoms with Crippen LogP contribution < -0.4 is 0 Å². The molecule has 5 saturated carbocycles. The van der Waals surface area contributed by atoms with Crippen LogP contribution in [0.5, 0.6) is 0 Å². The number of aliphatic hydroxyl groups excluding tert-OH is 1. The van der Waals surface area contributed by atoms with Crippen molar-refractivity contribution in [3.05, 3.63) is 0 Å². The van der Waals surface area contributed by atoms with Crippen LogP contribution in [0.4, 0.5) is 0 Å². The number of ether oxygens (including phenoxy) is 4. The number of aliphatic hydroxyl groups is 2. The van der Waals surface area contributed by atoms with Gasteiger partial charge in [0.1, 0.15) is 6.10 Å². The summed E-state index contributed by atoms with van der Waals surface area (Å²) in [5.41, 5.74) is -0.423. The molecule has 8 nitrogen and oxygen atoms in total. The molecule has 2 N–H and O–H groups in total. The number of fused-ring (bicyclic) bond motifs is 4. The lowest BCUT2D eigenvalue weighted by molar-refractivity contribution is -0.249. The fourth-order valence-corrected chi connectivity index (χ4v) is 14.2. The van der Waals surface area contributed by atoms with Crippen molar-refractivity contribution in [3.63, 3.8) is 0 Å². The zero-order chi connectivity index (χ0) is 34.7. The van der Waals surface area contributed by atoms with Gasteiger partial charge in [-0.05, 0) is 132 Å². The van der Waals surface area contributed by atoms with Crippen molar-refractivity contribution in [1.29, 1.82) is 0 Å². The van der Waals surface area contributed by atoms with Crippen LogP contribution in [-0.2, 0) is 18.9 Å². The molecular weight excluding hydrogens is 604 g/mol. The molecule has 48 heavy (non-hydrogen) atoms. The number of nitrogens with zero attached hydrogens (tertiary/aromatic N) is 2. The molecule has 0 aromatic heterocycles. The van der Waals surface area contributed by atoms with Crippen LogP contribution >= 0.6 is 0 Å². The van der Waals surface area contributed by atoms with E-state index >= 15 is 0 Å². The first kappa shape index (κ1) is 36.1. The van der Waals surface area contributed by atoms with E-state index in [1.54, 1.807) is 0 Å². The van der Waals surface area contributed by atoms with Gasteiger partial charge in [0, 0.05) is 38.2 Å². The van der Waals surface area contributed by atoms with E-state index < -0.39 is 17.8 Å². The van der Waals surface area contributed by atoms with E-state index in [0.717, 1.165) is 45.6 Å². The highest BCUT2D eigenvalue weighted by molar-refractivity contribution is 5.33. The minimum atomic E-state index is -1.01. The second kappa shape index (κ2) is 12.1. The highest BCUT2D eigenvalue weighted by Gasteiger charge is 2.84. The number of rotatable bonds is 9. The van der Waals surface area contributed by atoms with Crippen LogP contribution in [0, 0.1) is 50.7 Å². The highest BCUT2D eigenvalue weighted by Crippen LogP contribution is 2.89. The molecule has 7 rings (SSSR count). The quantitative estimate of drug-likeness (QED) is 0.328. The molecule has 276 valence electrons. The van der Waals surface area contributed by atoms with Gasteiger partial charge in [-0.25, -0.2) is 0 Å². The molecule has 14 atom stereocenters. The lowest BCUT2D eigenvalue weighted by Gasteiger charge is -2.64. The van der Waals surface area contributed by atoms with E-state index in [9.17, 15) is 10.2 Å². The molecule has 2 saturated heterocycles. The van der Waals surface area contributed by atoms with Crippen LogP contribution in [0.15, 0.2) is 0 Å². The summed E-state index contributed by atoms with van der Waals surface area (Å²) >= 11 is 0. The van der Waals surface area contributed by atoms with Gasteiger partial charge in [0.2, 0.25) is 0 Å². The maximum absolute atomic E-state index is 12.6. The number of hydrogen-bond donors (Lipinski definition) is 2. The summed E-state index contributed by atoms with van der Waals surface area (Å²) in [5, 5.41) is 23.7. The second-order valence-electron chi connectivity index (χ2n) is 19.6. The van der Waals surface area contributed by atoms with Gasteiger partial charge in [0.05, 0.1) is 36.6 Å². The van der Waals surface area contributed by atoms with Crippen molar-refractivity contribution in [2.75, 3.05) is 53.5 Å². The fraction of sp³-hybridized carbons (Fsp3) is 1.00. The summed E-state index contributed by atoms with van der Waals surface area (Å²) in [5.74, 6) is 1.86. The lowest BCUT2D eigenvalue weighted by atomic mass is 9.41. The normalized spacial score (nSPS) is 50.6. The molecule has 0 bridgehead atoms. The Morgan fingerprint density at radius 2 is 1.73 bits per heavy atom. The van der Waals surface area contributed by atoms with Crippen LogP contribution in [-0.4, -0.2) is 116 Å². The molecule has 2 heterocycles. The standard InChI is InChI=1S/C40H70N2O6/c1-11-45-34(36(5,6)44)26-22-25(2)31-32(47-26)33(43)38(8)28-13-12-27-35(3,4)29(48-30-23-42(20-21-46-30)19-18-41(9)10)14-15-39(27)24-40(28,39)17-16-37(31,38)7/h25-34,43-44H,11-24H2,1-10H3/t25?,26-,27?,28+,29?,30?,31?,32+,33?,34?,37?,38?,39?,40?/m1/s1. The summed E-state index contributed by atoms with van der Waals surface area (Å²) in [7, 11) is 4.28. The fourth-order valence-electron chi connectivity index (χ4n) is 14.2. The summed E-state index contributed by atoms with van der Waals surface area (Å²) < 4.78 is 26.3. The first-order valence-corrected chi connectivity index (χ1v) is 19.8. The third-order valence-electron chi connectivity index (χ3n) is 16.4. The van der Waals surface area contributed by atoms with Crippen LogP contribution in [0.3, 0.4) is 0 Å². The zero-order valence-electron chi connectivity index (χ0n) is 32.1. The molecule has 2 spiro atoms. The Bertz CT molecular complexity index is 1190. The van der Waals surface area contributed by atoms with Gasteiger partial charge in [-0.3, -0.25) is 4.90 Å². The average molecular weight is 675 g/mol. The SMILES string of the molecule is CCOC([C@H]1CC(C)C2[C@H](O1)C(O)C1(C)[C@@H]3CCC4C(C)(C)C(OC5CN(CCN(C)C)CCO5)CCC45CC35CCC21C)C(C)(C)O. The van der Waals surface area contributed by atoms with Crippen LogP contribution in [0.1, 0.15) is 107 Å². The Morgan fingerprint density at radius 3 is 2.42 bits per heavy atom. The minimum Gasteiger partial charge on any atom is -0.390 e. The Labute approximate surface area is 291 Å². The largest absolute Gasteiger partial charge is 0.390 e. The molecule has 5 aliphatic carbocycles. The van der Waals surface area contributed by atoms with Crippen molar-refractivity contribution in [2.24, 2.45) is 50.7 Å². The van der Waals surface area contributed by atoms with Gasteiger partial charge in [-0.1, -0.05) is 34.6 Å². The summed E-state index contributed by atoms with van der Waals surface area (Å²) in [6.07, 6.45) is 8.12. The van der Waals surface area contributed by atoms with Gasteiger partial charge in [-0.2, -0.15) is 0 Å². The molecule has 0 radical (unpaired) electrons. The first-order valence-electron chi connectivity index (χ1n) is 19.8. The van der Waals surface area contributed by atoms with E-state index in [-0.39, 0.29) is 40.8 Å². The Balaban J connectivity index is 1.10. The van der Waals surface area contributed by atoms with Gasteiger partial charge >= 0.3 is 0 Å². The zero-order valence-corrected chi connectivity index (χ0v) is 32.1. The maximum atomic E-state index is 12.6. The van der Waals surface area contributed by atoms with E-state index in [0.29, 0.717) is 41.1 Å². The molecule has 0 amide bonds. The number of likely N-dealkylation sites (N-methyl/N-ethyl adjacent to an activating group) is 1. The van der Waals surface area contributed by atoms with Gasteiger partial charge in [0.25, 0.3) is 0 Å². The predicted octanol–water partition coefficient (Wildman–Crippen LogP) is 5.58. The van der Waals surface area contributed by atoms with E-state index in [1.807, 2.05) is 20.8 Å². The van der Waals surface area contributed by atoms with Crippen molar-refractivity contribution in [1.82, 2.24) is 9.80 Å². The predicted molar refractivity (Wildman–Crippen MR) is 187 cm³/mol. The molecule has 7 fully saturated rings. The number of hydrogen-bond acceptors (Lipinski definition) is 8. The third-order valence-corrected chi connectivity index (χ3v) is 16.4. The van der Waals surface area contributed by atoms with E-state index in [4.69, 9.17) is 18.9 Å². The topological polar surface area (TPSA) is 83.9 Å².